The van der Waals surface area contributed by atoms with Crippen LogP contribution in [0.15, 0.2) is 0 Å². The lowest BCUT2D eigenvalue weighted by Gasteiger charge is -2.29. The molecule has 3 atom stereocenters. The van der Waals surface area contributed by atoms with Crippen LogP contribution in [-0.2, 0) is 25.1 Å². The highest BCUT2D eigenvalue weighted by atomic mass is 32.2. The second kappa shape index (κ2) is 9.36. The van der Waals surface area contributed by atoms with Gasteiger partial charge in [0.05, 0.1) is 6.61 Å². The Balaban J connectivity index is 2.76. The minimum atomic E-state index is -0.867. The molecule has 0 aromatic rings. The van der Waals surface area contributed by atoms with Crippen LogP contribution in [0.5, 0.6) is 0 Å². The third-order valence-electron chi connectivity index (χ3n) is 3.61. The molecule has 140 valence electrons. The molecule has 1 aliphatic heterocycles. The smallest absolute Gasteiger partial charge is 0.411 e. The first-order chi connectivity index (χ1) is 11.2. The van der Waals surface area contributed by atoms with Gasteiger partial charge in [-0.05, 0) is 34.1 Å². The van der Waals surface area contributed by atoms with Crippen LogP contribution in [0.1, 0.15) is 41.0 Å². The quantitative estimate of drug-likeness (QED) is 0.687. The van der Waals surface area contributed by atoms with Gasteiger partial charge in [-0.1, -0.05) is 6.92 Å². The molecule has 0 bridgehead atoms. The largest absolute Gasteiger partial charge is 0.464 e. The summed E-state index contributed by atoms with van der Waals surface area (Å²) in [5.41, 5.74) is -0.625. The second-order valence-corrected chi connectivity index (χ2v) is 8.52. The molecule has 1 fully saturated rings. The van der Waals surface area contributed by atoms with Crippen LogP contribution in [0.25, 0.3) is 0 Å². The zero-order valence-corrected chi connectivity index (χ0v) is 16.1. The molecule has 0 aromatic carbocycles. The number of likely N-dealkylation sites (tertiary alicyclic amines) is 1. The van der Waals surface area contributed by atoms with E-state index >= 15 is 0 Å². The zero-order chi connectivity index (χ0) is 18.3. The van der Waals surface area contributed by atoms with Gasteiger partial charge in [-0.15, -0.1) is 0 Å². The molecule has 1 rings (SSSR count). The van der Waals surface area contributed by atoms with Crippen LogP contribution >= 0.6 is 0 Å². The Bertz CT molecular complexity index is 464. The van der Waals surface area contributed by atoms with Gasteiger partial charge in [0.25, 0.3) is 0 Å². The van der Waals surface area contributed by atoms with Gasteiger partial charge in [-0.2, -0.15) is 0 Å². The van der Waals surface area contributed by atoms with Crippen molar-refractivity contribution in [2.24, 2.45) is 0 Å². The predicted octanol–water partition coefficient (Wildman–Crippen LogP) is 1.29. The molecule has 0 saturated carbocycles. The molecule has 0 radical (unpaired) electrons. The third kappa shape index (κ3) is 6.39. The summed E-state index contributed by atoms with van der Waals surface area (Å²) in [6, 6.07) is -0.930. The Morgan fingerprint density at radius 3 is 2.50 bits per heavy atom. The number of esters is 1. The highest BCUT2D eigenvalue weighted by Gasteiger charge is 2.44. The van der Waals surface area contributed by atoms with E-state index in [4.69, 9.17) is 9.47 Å². The van der Waals surface area contributed by atoms with E-state index < -0.39 is 34.5 Å². The molecule has 7 nitrogen and oxygen atoms in total. The average Bonchev–Trinajstić information content (AvgIpc) is 2.89. The number of carbonyl (C=O) groups is 2. The summed E-state index contributed by atoms with van der Waals surface area (Å²) < 4.78 is 22.0. The predicted molar refractivity (Wildman–Crippen MR) is 93.3 cm³/mol. The molecule has 1 amide bonds. The molecule has 1 aliphatic rings. The van der Waals surface area contributed by atoms with Crippen molar-refractivity contribution in [3.63, 3.8) is 0 Å². The number of nitrogens with zero attached hydrogens (tertiary/aromatic N) is 1. The maximum absolute atomic E-state index is 12.4. The Hall–Kier alpha value is -1.15. The standard InChI is InChI=1S/C16H30N2O5S/c1-6-22-14(19)13-12(17-9-11-24(21)7-2)8-10-18(13)15(20)23-16(3,4)5/h12-13,17H,6-11H2,1-5H3/t12-,13+,24-/m1/s1. The van der Waals surface area contributed by atoms with Gasteiger partial charge >= 0.3 is 12.1 Å². The van der Waals surface area contributed by atoms with Crippen LogP contribution in [0.3, 0.4) is 0 Å². The lowest BCUT2D eigenvalue weighted by atomic mass is 10.1. The van der Waals surface area contributed by atoms with Crippen LogP contribution in [0, 0.1) is 0 Å². The van der Waals surface area contributed by atoms with Gasteiger partial charge in [0.2, 0.25) is 0 Å². The number of ether oxygens (including phenoxy) is 2. The number of hydrogen-bond donors (Lipinski definition) is 1. The molecule has 1 saturated heterocycles. The lowest BCUT2D eigenvalue weighted by Crippen LogP contribution is -2.51. The van der Waals surface area contributed by atoms with Gasteiger partial charge in [0.15, 0.2) is 0 Å². The van der Waals surface area contributed by atoms with Gasteiger partial charge in [0, 0.05) is 41.4 Å². The minimum absolute atomic E-state index is 0.217. The normalized spacial score (nSPS) is 22.3. The van der Waals surface area contributed by atoms with Gasteiger partial charge in [-0.25, -0.2) is 9.59 Å². The average molecular weight is 362 g/mol. The molecule has 0 spiro atoms. The summed E-state index contributed by atoms with van der Waals surface area (Å²) in [6.07, 6.45) is 0.114. The Morgan fingerprint density at radius 1 is 1.29 bits per heavy atom. The summed E-state index contributed by atoms with van der Waals surface area (Å²) in [6.45, 7) is 10.2. The zero-order valence-electron chi connectivity index (χ0n) is 15.3. The number of carbonyl (C=O) groups excluding carboxylic acids is 2. The number of nitrogens with one attached hydrogen (secondary N) is 1. The van der Waals surface area contributed by atoms with Crippen LogP contribution < -0.4 is 5.32 Å². The van der Waals surface area contributed by atoms with E-state index in [1.54, 1.807) is 27.7 Å². The maximum Gasteiger partial charge on any atom is 0.411 e. The molecule has 0 unspecified atom stereocenters. The molecular formula is C16H30N2O5S. The van der Waals surface area contributed by atoms with Crippen LogP contribution in [-0.4, -0.2) is 70.1 Å². The van der Waals surface area contributed by atoms with Crippen molar-refractivity contribution in [1.29, 1.82) is 0 Å². The summed E-state index contributed by atoms with van der Waals surface area (Å²) >= 11 is 0. The van der Waals surface area contributed by atoms with Gasteiger partial charge in [0.1, 0.15) is 11.6 Å². The first kappa shape index (κ1) is 20.9. The van der Waals surface area contributed by atoms with Crippen LogP contribution in [0.2, 0.25) is 0 Å². The summed E-state index contributed by atoms with van der Waals surface area (Å²) in [4.78, 5) is 26.1. The van der Waals surface area contributed by atoms with Crippen molar-refractivity contribution in [3.8, 4) is 0 Å². The van der Waals surface area contributed by atoms with Gasteiger partial charge in [-0.3, -0.25) is 9.11 Å². The van der Waals surface area contributed by atoms with E-state index in [0.717, 1.165) is 0 Å². The second-order valence-electron chi connectivity index (χ2n) is 6.65. The highest BCUT2D eigenvalue weighted by molar-refractivity contribution is 7.84. The monoisotopic (exact) mass is 362 g/mol. The van der Waals surface area contributed by atoms with E-state index in [-0.39, 0.29) is 12.6 Å². The molecule has 1 heterocycles. The maximum atomic E-state index is 12.4. The number of rotatable bonds is 7. The first-order valence-corrected chi connectivity index (χ1v) is 9.93. The van der Waals surface area contributed by atoms with Gasteiger partial charge < -0.3 is 14.8 Å². The van der Waals surface area contributed by atoms with Crippen molar-refractivity contribution in [3.05, 3.63) is 0 Å². The van der Waals surface area contributed by atoms with E-state index in [9.17, 15) is 13.8 Å². The van der Waals surface area contributed by atoms with E-state index in [1.807, 2.05) is 6.92 Å². The Morgan fingerprint density at radius 2 is 1.96 bits per heavy atom. The highest BCUT2D eigenvalue weighted by Crippen LogP contribution is 2.22. The van der Waals surface area contributed by atoms with Crippen molar-refractivity contribution < 1.29 is 23.3 Å². The summed E-state index contributed by atoms with van der Waals surface area (Å²) in [5.74, 6) is 0.696. The SMILES string of the molecule is CCOC(=O)[C@@H]1[C@H](NCC[S@](=O)CC)CCN1C(=O)OC(C)(C)C. The minimum Gasteiger partial charge on any atom is -0.464 e. The fourth-order valence-electron chi connectivity index (χ4n) is 2.55. The Kier molecular flexibility index (Phi) is 8.15. The van der Waals surface area contributed by atoms with Crippen molar-refractivity contribution >= 4 is 22.9 Å². The lowest BCUT2D eigenvalue weighted by molar-refractivity contribution is -0.148. The Labute approximate surface area is 146 Å². The van der Waals surface area contributed by atoms with Crippen molar-refractivity contribution in [2.45, 2.75) is 58.7 Å². The fourth-order valence-corrected chi connectivity index (χ4v) is 3.19. The molecule has 1 N–H and O–H groups in total. The van der Waals surface area contributed by atoms with E-state index in [1.165, 1.54) is 4.90 Å². The summed E-state index contributed by atoms with van der Waals surface area (Å²) in [5, 5.41) is 3.24. The van der Waals surface area contributed by atoms with Crippen molar-refractivity contribution in [1.82, 2.24) is 10.2 Å². The topological polar surface area (TPSA) is 84.9 Å². The summed E-state index contributed by atoms with van der Waals surface area (Å²) in [7, 11) is -0.867. The first-order valence-electron chi connectivity index (χ1n) is 8.44. The van der Waals surface area contributed by atoms with Crippen LogP contribution in [0.4, 0.5) is 4.79 Å². The number of hydrogen-bond acceptors (Lipinski definition) is 6. The van der Waals surface area contributed by atoms with E-state index in [2.05, 4.69) is 5.32 Å². The fraction of sp³-hybridized carbons (Fsp3) is 0.875. The van der Waals surface area contributed by atoms with Crippen molar-refractivity contribution in [2.75, 3.05) is 31.2 Å². The molecule has 8 heteroatoms. The molecule has 0 aliphatic carbocycles. The molecular weight excluding hydrogens is 332 g/mol. The third-order valence-corrected chi connectivity index (χ3v) is 4.92. The molecule has 0 aromatic heterocycles. The molecule has 24 heavy (non-hydrogen) atoms. The number of amides is 1. The van der Waals surface area contributed by atoms with E-state index in [0.29, 0.717) is 31.0 Å².